The lowest BCUT2D eigenvalue weighted by molar-refractivity contribution is 0.0756. The van der Waals surface area contributed by atoms with Crippen molar-refractivity contribution in [2.45, 2.75) is 38.5 Å². The van der Waals surface area contributed by atoms with Crippen LogP contribution < -0.4 is 0 Å². The Morgan fingerprint density at radius 1 is 1.09 bits per heavy atom. The average Bonchev–Trinajstić information content (AvgIpc) is 3.41. The number of hydrogen-bond acceptors (Lipinski definition) is 5. The first kappa shape index (κ1) is 14.2. The summed E-state index contributed by atoms with van der Waals surface area (Å²) in [7, 11) is 0. The monoisotopic (exact) mass is 309 g/mol. The van der Waals surface area contributed by atoms with E-state index < -0.39 is 0 Å². The smallest absolute Gasteiger partial charge is 0.274 e. The zero-order chi connectivity index (χ0) is 15.8. The predicted octanol–water partition coefficient (Wildman–Crippen LogP) is 1.69. The maximum absolute atomic E-state index is 12.6. The number of rotatable bonds is 2. The molecule has 2 aliphatic rings. The number of carbonyl (C=O) groups excluding carboxylic acids is 1. The van der Waals surface area contributed by atoms with E-state index in [9.17, 15) is 4.79 Å². The number of amides is 1. The highest BCUT2D eigenvalue weighted by Gasteiger charge is 2.30. The van der Waals surface area contributed by atoms with Crippen molar-refractivity contribution in [2.24, 2.45) is 0 Å². The predicted molar refractivity (Wildman–Crippen MR) is 84.1 cm³/mol. The molecule has 1 amide bonds. The van der Waals surface area contributed by atoms with Gasteiger partial charge in [-0.05, 0) is 31.7 Å². The molecular formula is C17H19N5O. The SMILES string of the molecule is Cc1cnc(C(=O)N2CCc3ncnc(C4CC4)c3CC2)cn1. The standard InChI is InChI=1S/C17H19N5O/c1-11-8-19-15(9-18-11)17(23)22-6-4-13-14(5-7-22)20-10-21-16(13)12-2-3-12/h8-10,12H,2-7H2,1H3. The summed E-state index contributed by atoms with van der Waals surface area (Å²) in [5.74, 6) is 0.559. The van der Waals surface area contributed by atoms with Crippen LogP contribution in [0.1, 0.15) is 51.9 Å². The van der Waals surface area contributed by atoms with E-state index in [1.165, 1.54) is 24.1 Å². The summed E-state index contributed by atoms with van der Waals surface area (Å²) in [6.07, 6.45) is 8.93. The van der Waals surface area contributed by atoms with E-state index in [0.717, 1.165) is 24.2 Å². The molecule has 4 rings (SSSR count). The van der Waals surface area contributed by atoms with Gasteiger partial charge in [0.1, 0.15) is 12.0 Å². The zero-order valence-corrected chi connectivity index (χ0v) is 13.2. The molecule has 2 aromatic heterocycles. The van der Waals surface area contributed by atoms with Crippen LogP contribution in [0.3, 0.4) is 0 Å². The van der Waals surface area contributed by atoms with Gasteiger partial charge in [-0.3, -0.25) is 9.78 Å². The molecule has 1 aliphatic heterocycles. The third-order valence-corrected chi connectivity index (χ3v) is 4.57. The summed E-state index contributed by atoms with van der Waals surface area (Å²) in [6, 6.07) is 0. The summed E-state index contributed by atoms with van der Waals surface area (Å²) >= 11 is 0. The van der Waals surface area contributed by atoms with Gasteiger partial charge in [0.15, 0.2) is 0 Å². The quantitative estimate of drug-likeness (QED) is 0.844. The molecule has 0 spiro atoms. The van der Waals surface area contributed by atoms with E-state index in [0.29, 0.717) is 24.7 Å². The topological polar surface area (TPSA) is 71.9 Å². The Hall–Kier alpha value is -2.37. The van der Waals surface area contributed by atoms with Crippen molar-refractivity contribution in [2.75, 3.05) is 13.1 Å². The van der Waals surface area contributed by atoms with E-state index in [-0.39, 0.29) is 5.91 Å². The minimum absolute atomic E-state index is 0.0498. The maximum Gasteiger partial charge on any atom is 0.274 e. The fraction of sp³-hybridized carbons (Fsp3) is 0.471. The second kappa shape index (κ2) is 5.68. The lowest BCUT2D eigenvalue weighted by Gasteiger charge is -2.19. The third-order valence-electron chi connectivity index (χ3n) is 4.57. The molecule has 2 aromatic rings. The largest absolute Gasteiger partial charge is 0.337 e. The number of hydrogen-bond donors (Lipinski definition) is 0. The van der Waals surface area contributed by atoms with Gasteiger partial charge in [-0.1, -0.05) is 0 Å². The molecule has 0 radical (unpaired) electrons. The minimum atomic E-state index is -0.0498. The Kier molecular flexibility index (Phi) is 3.52. The molecule has 0 aromatic carbocycles. The van der Waals surface area contributed by atoms with E-state index in [4.69, 9.17) is 0 Å². The van der Waals surface area contributed by atoms with Gasteiger partial charge in [0.05, 0.1) is 17.6 Å². The molecule has 0 bridgehead atoms. The number of aryl methyl sites for hydroxylation is 1. The summed E-state index contributed by atoms with van der Waals surface area (Å²) in [5, 5.41) is 0. The van der Waals surface area contributed by atoms with Crippen LogP contribution in [0.2, 0.25) is 0 Å². The molecule has 1 saturated carbocycles. The Labute approximate surface area is 135 Å². The average molecular weight is 309 g/mol. The molecule has 0 saturated heterocycles. The van der Waals surface area contributed by atoms with Crippen LogP contribution in [0, 0.1) is 6.92 Å². The summed E-state index contributed by atoms with van der Waals surface area (Å²) in [4.78, 5) is 31.8. The zero-order valence-electron chi connectivity index (χ0n) is 13.2. The lowest BCUT2D eigenvalue weighted by atomic mass is 10.0. The van der Waals surface area contributed by atoms with Crippen molar-refractivity contribution in [1.82, 2.24) is 24.8 Å². The van der Waals surface area contributed by atoms with Crippen LogP contribution in [0.25, 0.3) is 0 Å². The van der Waals surface area contributed by atoms with Gasteiger partial charge in [-0.15, -0.1) is 0 Å². The van der Waals surface area contributed by atoms with Crippen LogP contribution in [-0.4, -0.2) is 43.8 Å². The molecule has 1 fully saturated rings. The highest BCUT2D eigenvalue weighted by atomic mass is 16.2. The van der Waals surface area contributed by atoms with Crippen LogP contribution in [-0.2, 0) is 12.8 Å². The maximum atomic E-state index is 12.6. The van der Waals surface area contributed by atoms with E-state index >= 15 is 0 Å². The second-order valence-corrected chi connectivity index (χ2v) is 6.29. The molecule has 118 valence electrons. The van der Waals surface area contributed by atoms with Gasteiger partial charge in [0.2, 0.25) is 0 Å². The van der Waals surface area contributed by atoms with Crippen molar-refractivity contribution in [1.29, 1.82) is 0 Å². The summed E-state index contributed by atoms with van der Waals surface area (Å²) in [5.41, 5.74) is 4.80. The van der Waals surface area contributed by atoms with Crippen LogP contribution in [0.5, 0.6) is 0 Å². The van der Waals surface area contributed by atoms with Gasteiger partial charge in [0.25, 0.3) is 5.91 Å². The van der Waals surface area contributed by atoms with E-state index in [1.807, 2.05) is 11.8 Å². The molecule has 0 N–H and O–H groups in total. The number of aromatic nitrogens is 4. The Morgan fingerprint density at radius 3 is 2.65 bits per heavy atom. The van der Waals surface area contributed by atoms with E-state index in [2.05, 4.69) is 19.9 Å². The number of carbonyl (C=O) groups is 1. The van der Waals surface area contributed by atoms with Crippen molar-refractivity contribution in [3.63, 3.8) is 0 Å². The fourth-order valence-electron chi connectivity index (χ4n) is 3.13. The van der Waals surface area contributed by atoms with Crippen molar-refractivity contribution < 1.29 is 4.79 Å². The first-order valence-electron chi connectivity index (χ1n) is 8.13. The van der Waals surface area contributed by atoms with Gasteiger partial charge in [0, 0.05) is 37.3 Å². The second-order valence-electron chi connectivity index (χ2n) is 6.29. The molecule has 23 heavy (non-hydrogen) atoms. The van der Waals surface area contributed by atoms with Crippen molar-refractivity contribution in [3.05, 3.63) is 47.1 Å². The van der Waals surface area contributed by atoms with Crippen molar-refractivity contribution in [3.8, 4) is 0 Å². The van der Waals surface area contributed by atoms with Gasteiger partial charge >= 0.3 is 0 Å². The summed E-state index contributed by atoms with van der Waals surface area (Å²) < 4.78 is 0. The van der Waals surface area contributed by atoms with E-state index in [1.54, 1.807) is 18.7 Å². The Morgan fingerprint density at radius 2 is 1.91 bits per heavy atom. The molecule has 3 heterocycles. The highest BCUT2D eigenvalue weighted by molar-refractivity contribution is 5.92. The third kappa shape index (κ3) is 2.81. The Bertz CT molecular complexity index is 739. The first-order valence-corrected chi connectivity index (χ1v) is 8.13. The van der Waals surface area contributed by atoms with Crippen LogP contribution in [0.15, 0.2) is 18.7 Å². The number of fused-ring (bicyclic) bond motifs is 1. The number of nitrogens with zero attached hydrogens (tertiary/aromatic N) is 5. The molecule has 1 aliphatic carbocycles. The molecule has 0 atom stereocenters. The summed E-state index contributed by atoms with van der Waals surface area (Å²) in [6.45, 7) is 3.22. The minimum Gasteiger partial charge on any atom is -0.337 e. The van der Waals surface area contributed by atoms with Gasteiger partial charge in [-0.2, -0.15) is 0 Å². The highest BCUT2D eigenvalue weighted by Crippen LogP contribution is 2.41. The fourth-order valence-corrected chi connectivity index (χ4v) is 3.13. The molecule has 6 heteroatoms. The Balaban J connectivity index is 1.55. The van der Waals surface area contributed by atoms with Gasteiger partial charge < -0.3 is 4.90 Å². The lowest BCUT2D eigenvalue weighted by Crippen LogP contribution is -2.34. The van der Waals surface area contributed by atoms with Crippen LogP contribution >= 0.6 is 0 Å². The molecule has 0 unspecified atom stereocenters. The van der Waals surface area contributed by atoms with Crippen LogP contribution in [0.4, 0.5) is 0 Å². The van der Waals surface area contributed by atoms with Gasteiger partial charge in [-0.25, -0.2) is 15.0 Å². The molecular weight excluding hydrogens is 290 g/mol. The molecule has 6 nitrogen and oxygen atoms in total. The first-order chi connectivity index (χ1) is 11.2. The van der Waals surface area contributed by atoms with Crippen molar-refractivity contribution >= 4 is 5.91 Å². The normalized spacial score (nSPS) is 17.5.